The molecule has 0 saturated carbocycles. The zero-order chi connectivity index (χ0) is 15.2. The molecular formula is C15H18F3NO. The summed E-state index contributed by atoms with van der Waals surface area (Å²) in [4.78, 5) is 0. The molecule has 2 nitrogen and oxygen atoms in total. The molecular weight excluding hydrogens is 267 g/mol. The van der Waals surface area contributed by atoms with Crippen molar-refractivity contribution in [2.75, 3.05) is 12.4 Å². The molecule has 0 aliphatic heterocycles. The van der Waals surface area contributed by atoms with E-state index < -0.39 is 11.7 Å². The third kappa shape index (κ3) is 4.99. The van der Waals surface area contributed by atoms with Gasteiger partial charge in [-0.25, -0.2) is 0 Å². The van der Waals surface area contributed by atoms with E-state index in [0.717, 1.165) is 30.0 Å². The average Bonchev–Trinajstić information content (AvgIpc) is 2.39. The van der Waals surface area contributed by atoms with Crippen LogP contribution in [-0.2, 0) is 10.9 Å². The van der Waals surface area contributed by atoms with Crippen LogP contribution in [0.15, 0.2) is 47.9 Å². The van der Waals surface area contributed by atoms with E-state index in [0.29, 0.717) is 5.69 Å². The molecule has 1 rings (SSSR count). The van der Waals surface area contributed by atoms with Crippen LogP contribution in [0.2, 0.25) is 0 Å². The molecule has 0 aromatic heterocycles. The molecule has 0 spiro atoms. The summed E-state index contributed by atoms with van der Waals surface area (Å²) in [6.07, 6.45) is 0.119. The lowest BCUT2D eigenvalue weighted by Crippen LogP contribution is -2.04. The third-order valence-electron chi connectivity index (χ3n) is 2.68. The number of allylic oxidation sites excluding steroid dienone is 4. The van der Waals surface area contributed by atoms with Gasteiger partial charge in [-0.3, -0.25) is 0 Å². The summed E-state index contributed by atoms with van der Waals surface area (Å²) < 4.78 is 42.4. The fraction of sp³-hybridized carbons (Fsp3) is 0.333. The predicted molar refractivity (Wildman–Crippen MR) is 74.2 cm³/mol. The molecule has 0 unspecified atom stereocenters. The Morgan fingerprint density at radius 3 is 2.25 bits per heavy atom. The first-order valence-electron chi connectivity index (χ1n) is 6.22. The van der Waals surface area contributed by atoms with Gasteiger partial charge in [-0.05, 0) is 43.3 Å². The van der Waals surface area contributed by atoms with E-state index in [2.05, 4.69) is 5.32 Å². The van der Waals surface area contributed by atoms with E-state index in [-0.39, 0.29) is 0 Å². The number of hydrogen-bond donors (Lipinski definition) is 1. The van der Waals surface area contributed by atoms with Gasteiger partial charge < -0.3 is 10.1 Å². The van der Waals surface area contributed by atoms with Crippen LogP contribution in [0.3, 0.4) is 0 Å². The van der Waals surface area contributed by atoms with Crippen molar-refractivity contribution in [1.29, 1.82) is 0 Å². The largest absolute Gasteiger partial charge is 0.501 e. The quantitative estimate of drug-likeness (QED) is 0.609. The molecule has 0 bridgehead atoms. The molecule has 0 atom stereocenters. The van der Waals surface area contributed by atoms with E-state index in [4.69, 9.17) is 4.74 Å². The fourth-order valence-electron chi connectivity index (χ4n) is 1.56. The Balaban J connectivity index is 2.74. The zero-order valence-electron chi connectivity index (χ0n) is 11.7. The zero-order valence-corrected chi connectivity index (χ0v) is 11.7. The number of anilines is 1. The molecule has 1 aromatic carbocycles. The van der Waals surface area contributed by atoms with Crippen molar-refractivity contribution in [3.05, 3.63) is 53.4 Å². The Kier molecular flexibility index (Phi) is 5.67. The number of methoxy groups -OCH3 is 1. The van der Waals surface area contributed by atoms with Crippen LogP contribution >= 0.6 is 0 Å². The first-order chi connectivity index (χ1) is 9.36. The van der Waals surface area contributed by atoms with Crippen LogP contribution < -0.4 is 5.32 Å². The second-order valence-electron chi connectivity index (χ2n) is 4.24. The minimum absolute atomic E-state index is 0.607. The normalized spacial score (nSPS) is 13.3. The highest BCUT2D eigenvalue weighted by Gasteiger charge is 2.29. The van der Waals surface area contributed by atoms with Gasteiger partial charge in [0.2, 0.25) is 0 Å². The van der Waals surface area contributed by atoms with Gasteiger partial charge >= 0.3 is 6.18 Å². The maximum Gasteiger partial charge on any atom is 0.416 e. The van der Waals surface area contributed by atoms with Gasteiger partial charge in [-0.15, -0.1) is 0 Å². The monoisotopic (exact) mass is 285 g/mol. The smallest absolute Gasteiger partial charge is 0.416 e. The van der Waals surface area contributed by atoms with Crippen LogP contribution in [0, 0.1) is 0 Å². The third-order valence-corrected chi connectivity index (χ3v) is 2.68. The lowest BCUT2D eigenvalue weighted by atomic mass is 10.2. The van der Waals surface area contributed by atoms with Crippen LogP contribution in [-0.4, -0.2) is 7.11 Å². The van der Waals surface area contributed by atoms with Crippen molar-refractivity contribution < 1.29 is 17.9 Å². The summed E-state index contributed by atoms with van der Waals surface area (Å²) in [6, 6.07) is 4.91. The van der Waals surface area contributed by atoms with Crippen LogP contribution in [0.5, 0.6) is 0 Å². The Bertz CT molecular complexity index is 481. The molecule has 110 valence electrons. The van der Waals surface area contributed by atoms with Crippen LogP contribution in [0.4, 0.5) is 18.9 Å². The summed E-state index contributed by atoms with van der Waals surface area (Å²) in [6.45, 7) is 3.80. The highest BCUT2D eigenvalue weighted by atomic mass is 19.4. The summed E-state index contributed by atoms with van der Waals surface area (Å²) in [5, 5.41) is 3.02. The van der Waals surface area contributed by atoms with Gasteiger partial charge in [0.15, 0.2) is 0 Å². The average molecular weight is 285 g/mol. The van der Waals surface area contributed by atoms with E-state index in [1.54, 1.807) is 7.11 Å². The summed E-state index contributed by atoms with van der Waals surface area (Å²) in [5.74, 6) is 0.832. The second-order valence-corrected chi connectivity index (χ2v) is 4.24. The van der Waals surface area contributed by atoms with Gasteiger partial charge in [-0.1, -0.05) is 6.92 Å². The Morgan fingerprint density at radius 1 is 1.20 bits per heavy atom. The predicted octanol–water partition coefficient (Wildman–Crippen LogP) is 4.96. The molecule has 5 heteroatoms. The van der Waals surface area contributed by atoms with Crippen LogP contribution in [0.1, 0.15) is 25.8 Å². The van der Waals surface area contributed by atoms with Gasteiger partial charge in [0, 0.05) is 17.8 Å². The maximum absolute atomic E-state index is 12.4. The van der Waals surface area contributed by atoms with Crippen molar-refractivity contribution in [1.82, 2.24) is 0 Å². The lowest BCUT2D eigenvalue weighted by Gasteiger charge is -2.09. The molecule has 1 N–H and O–H groups in total. The van der Waals surface area contributed by atoms with Crippen molar-refractivity contribution in [3.8, 4) is 0 Å². The standard InChI is InChI=1S/C15H18F3NO/c1-4-14(20-3)10-5-11(2)19-13-8-6-12(7-9-13)15(16,17)18/h5-10,19H,4H2,1-3H3/b11-5+,14-10+. The summed E-state index contributed by atoms with van der Waals surface area (Å²) >= 11 is 0. The number of benzene rings is 1. The summed E-state index contributed by atoms with van der Waals surface area (Å²) in [5.41, 5.74) is 0.764. The number of hydrogen-bond acceptors (Lipinski definition) is 2. The molecule has 0 aliphatic rings. The molecule has 0 heterocycles. The van der Waals surface area contributed by atoms with E-state index in [1.165, 1.54) is 12.1 Å². The highest BCUT2D eigenvalue weighted by molar-refractivity contribution is 5.49. The van der Waals surface area contributed by atoms with Gasteiger partial charge in [0.25, 0.3) is 0 Å². The van der Waals surface area contributed by atoms with Crippen molar-refractivity contribution in [2.24, 2.45) is 0 Å². The topological polar surface area (TPSA) is 21.3 Å². The Morgan fingerprint density at radius 2 is 1.80 bits per heavy atom. The first kappa shape index (κ1) is 16.1. The van der Waals surface area contributed by atoms with Crippen molar-refractivity contribution >= 4 is 5.69 Å². The Hall–Kier alpha value is -1.91. The molecule has 20 heavy (non-hydrogen) atoms. The lowest BCUT2D eigenvalue weighted by molar-refractivity contribution is -0.137. The van der Waals surface area contributed by atoms with Crippen molar-refractivity contribution in [2.45, 2.75) is 26.4 Å². The highest BCUT2D eigenvalue weighted by Crippen LogP contribution is 2.29. The van der Waals surface area contributed by atoms with Gasteiger partial charge in [0.05, 0.1) is 18.4 Å². The second kappa shape index (κ2) is 7.03. The van der Waals surface area contributed by atoms with E-state index >= 15 is 0 Å². The summed E-state index contributed by atoms with van der Waals surface area (Å²) in [7, 11) is 1.60. The number of halogens is 3. The van der Waals surface area contributed by atoms with E-state index in [1.807, 2.05) is 26.0 Å². The minimum Gasteiger partial charge on any atom is -0.501 e. The molecule has 0 fully saturated rings. The van der Waals surface area contributed by atoms with Gasteiger partial charge in [0.1, 0.15) is 0 Å². The van der Waals surface area contributed by atoms with Crippen LogP contribution in [0.25, 0.3) is 0 Å². The molecule has 1 aromatic rings. The molecule has 0 amide bonds. The fourth-order valence-corrected chi connectivity index (χ4v) is 1.56. The SMILES string of the molecule is CC/C(=C\C=C(/C)Nc1ccc(C(F)(F)F)cc1)OC. The number of rotatable bonds is 5. The number of alkyl halides is 3. The Labute approximate surface area is 116 Å². The van der Waals surface area contributed by atoms with Gasteiger partial charge in [-0.2, -0.15) is 13.2 Å². The minimum atomic E-state index is -4.30. The first-order valence-corrected chi connectivity index (χ1v) is 6.22. The molecule has 0 aliphatic carbocycles. The molecule has 0 saturated heterocycles. The van der Waals surface area contributed by atoms with E-state index in [9.17, 15) is 13.2 Å². The van der Waals surface area contributed by atoms with Crippen molar-refractivity contribution in [3.63, 3.8) is 0 Å². The molecule has 0 radical (unpaired) electrons. The maximum atomic E-state index is 12.4. The number of nitrogens with one attached hydrogen (secondary N) is 1. The number of ether oxygens (including phenoxy) is 1.